The van der Waals surface area contributed by atoms with Gasteiger partial charge in [0.1, 0.15) is 11.6 Å². The van der Waals surface area contributed by atoms with Crippen LogP contribution in [0.4, 0.5) is 4.39 Å². The predicted molar refractivity (Wildman–Crippen MR) is 74.1 cm³/mol. The van der Waals surface area contributed by atoms with Crippen molar-refractivity contribution in [1.82, 2.24) is 15.0 Å². The highest BCUT2D eigenvalue weighted by Gasteiger charge is 2.26. The second-order valence-electron chi connectivity index (χ2n) is 4.69. The molecule has 0 amide bonds. The molecule has 1 saturated heterocycles. The van der Waals surface area contributed by atoms with E-state index in [9.17, 15) is 9.50 Å². The van der Waals surface area contributed by atoms with Crippen molar-refractivity contribution < 1.29 is 14.0 Å². The molecule has 1 aliphatic heterocycles. The Kier molecular flexibility index (Phi) is 3.62. The average molecular weight is 295 g/mol. The Labute approximate surface area is 119 Å². The van der Waals surface area contributed by atoms with Crippen LogP contribution in [0.15, 0.2) is 22.7 Å². The summed E-state index contributed by atoms with van der Waals surface area (Å²) in [5, 5.41) is 13.7. The monoisotopic (exact) mass is 295 g/mol. The van der Waals surface area contributed by atoms with E-state index in [4.69, 9.17) is 4.52 Å². The average Bonchev–Trinajstić information content (AvgIpc) is 2.91. The van der Waals surface area contributed by atoms with Gasteiger partial charge in [0.15, 0.2) is 5.82 Å². The fraction of sp³-hybridized carbons (Fsp3) is 0.385. The molecule has 1 atom stereocenters. The van der Waals surface area contributed by atoms with Gasteiger partial charge in [-0.25, -0.2) is 4.39 Å². The lowest BCUT2D eigenvalue weighted by Gasteiger charge is -2.29. The van der Waals surface area contributed by atoms with Crippen LogP contribution in [0.25, 0.3) is 11.5 Å². The lowest BCUT2D eigenvalue weighted by molar-refractivity contribution is 0.257. The van der Waals surface area contributed by atoms with E-state index < -0.39 is 5.82 Å². The van der Waals surface area contributed by atoms with Crippen molar-refractivity contribution in [1.29, 1.82) is 0 Å². The molecule has 2 aromatic rings. The van der Waals surface area contributed by atoms with Gasteiger partial charge in [0.2, 0.25) is 0 Å². The third-order valence-corrected chi connectivity index (χ3v) is 4.35. The van der Waals surface area contributed by atoms with E-state index in [-0.39, 0.29) is 23.2 Å². The molecular formula is C13H14FN3O2S. The fourth-order valence-corrected chi connectivity index (χ4v) is 3.33. The van der Waals surface area contributed by atoms with E-state index in [0.29, 0.717) is 5.82 Å². The summed E-state index contributed by atoms with van der Waals surface area (Å²) in [6.45, 7) is 0.963. The normalized spacial score (nSPS) is 20.2. The number of phenols is 1. The van der Waals surface area contributed by atoms with Gasteiger partial charge in [-0.05, 0) is 25.2 Å². The summed E-state index contributed by atoms with van der Waals surface area (Å²) in [5.41, 5.74) is 0.217. The van der Waals surface area contributed by atoms with Gasteiger partial charge < -0.3 is 9.63 Å². The first-order valence-electron chi connectivity index (χ1n) is 6.25. The Morgan fingerprint density at radius 1 is 1.50 bits per heavy atom. The molecule has 106 valence electrons. The van der Waals surface area contributed by atoms with Gasteiger partial charge in [-0.3, -0.25) is 4.90 Å². The van der Waals surface area contributed by atoms with E-state index in [1.165, 1.54) is 18.2 Å². The van der Waals surface area contributed by atoms with Crippen LogP contribution in [-0.4, -0.2) is 45.2 Å². The van der Waals surface area contributed by atoms with Crippen molar-refractivity contribution in [2.24, 2.45) is 0 Å². The Morgan fingerprint density at radius 2 is 2.35 bits per heavy atom. The van der Waals surface area contributed by atoms with Crippen LogP contribution in [0.5, 0.6) is 5.75 Å². The smallest absolute Gasteiger partial charge is 0.261 e. The summed E-state index contributed by atoms with van der Waals surface area (Å²) in [6.07, 6.45) is 0. The highest BCUT2D eigenvalue weighted by Crippen LogP contribution is 2.31. The summed E-state index contributed by atoms with van der Waals surface area (Å²) in [5.74, 6) is 2.16. The van der Waals surface area contributed by atoms with Gasteiger partial charge in [-0.2, -0.15) is 16.7 Å². The molecule has 7 heteroatoms. The lowest BCUT2D eigenvalue weighted by atomic mass is 10.2. The molecule has 3 rings (SSSR count). The topological polar surface area (TPSA) is 62.4 Å². The molecule has 0 spiro atoms. The van der Waals surface area contributed by atoms with Crippen molar-refractivity contribution in [3.8, 4) is 17.2 Å². The number of phenolic OH excluding ortho intramolecular Hbond substituents is 1. The number of thioether (sulfide) groups is 1. The molecule has 5 nitrogen and oxygen atoms in total. The number of nitrogens with zero attached hydrogens (tertiary/aromatic N) is 3. The predicted octanol–water partition coefficient (Wildman–Crippen LogP) is 2.30. The Morgan fingerprint density at radius 3 is 3.15 bits per heavy atom. The van der Waals surface area contributed by atoms with E-state index in [0.717, 1.165) is 18.1 Å². The maximum Gasteiger partial charge on any atom is 0.261 e. The largest absolute Gasteiger partial charge is 0.507 e. The third kappa shape index (κ3) is 2.51. The van der Waals surface area contributed by atoms with Crippen LogP contribution in [0.3, 0.4) is 0 Å². The number of hydrogen-bond acceptors (Lipinski definition) is 6. The zero-order valence-corrected chi connectivity index (χ0v) is 11.7. The summed E-state index contributed by atoms with van der Waals surface area (Å²) >= 11 is 1.84. The van der Waals surface area contributed by atoms with Crippen LogP contribution in [0.1, 0.15) is 11.9 Å². The van der Waals surface area contributed by atoms with Crippen molar-refractivity contribution in [3.05, 3.63) is 29.8 Å². The maximum absolute atomic E-state index is 13.2. The highest BCUT2D eigenvalue weighted by molar-refractivity contribution is 7.99. The van der Waals surface area contributed by atoms with E-state index >= 15 is 0 Å². The van der Waals surface area contributed by atoms with Gasteiger partial charge in [-0.15, -0.1) is 0 Å². The molecule has 0 bridgehead atoms. The van der Waals surface area contributed by atoms with E-state index in [1.807, 2.05) is 18.8 Å². The van der Waals surface area contributed by atoms with Crippen molar-refractivity contribution >= 4 is 11.8 Å². The number of halogens is 1. The third-order valence-electron chi connectivity index (χ3n) is 3.32. The minimum atomic E-state index is -0.456. The number of aromatic nitrogens is 2. The number of rotatable bonds is 2. The Hall–Kier alpha value is -1.60. The lowest BCUT2D eigenvalue weighted by Crippen LogP contribution is -2.33. The van der Waals surface area contributed by atoms with Gasteiger partial charge in [0.05, 0.1) is 11.6 Å². The number of aromatic hydroxyl groups is 1. The van der Waals surface area contributed by atoms with Crippen LogP contribution < -0.4 is 0 Å². The Bertz CT molecular complexity index is 619. The van der Waals surface area contributed by atoms with Gasteiger partial charge in [-0.1, -0.05) is 5.16 Å². The molecule has 1 fully saturated rings. The number of hydrogen-bond donors (Lipinski definition) is 1. The van der Waals surface area contributed by atoms with Crippen LogP contribution in [-0.2, 0) is 0 Å². The molecule has 1 aromatic heterocycles. The molecule has 1 aliphatic rings. The quantitative estimate of drug-likeness (QED) is 0.917. The fourth-order valence-electron chi connectivity index (χ4n) is 2.12. The highest BCUT2D eigenvalue weighted by atomic mass is 32.2. The van der Waals surface area contributed by atoms with Crippen molar-refractivity contribution in [2.75, 3.05) is 25.1 Å². The molecule has 0 aliphatic carbocycles. The zero-order chi connectivity index (χ0) is 14.1. The first kappa shape index (κ1) is 13.4. The van der Waals surface area contributed by atoms with Gasteiger partial charge in [0.25, 0.3) is 5.89 Å². The van der Waals surface area contributed by atoms with Crippen LogP contribution in [0, 0.1) is 5.82 Å². The first-order valence-corrected chi connectivity index (χ1v) is 7.41. The van der Waals surface area contributed by atoms with Crippen molar-refractivity contribution in [3.63, 3.8) is 0 Å². The Balaban J connectivity index is 1.91. The van der Waals surface area contributed by atoms with E-state index in [2.05, 4.69) is 15.0 Å². The van der Waals surface area contributed by atoms with E-state index in [1.54, 1.807) is 0 Å². The van der Waals surface area contributed by atoms with Gasteiger partial charge >= 0.3 is 0 Å². The van der Waals surface area contributed by atoms with Gasteiger partial charge in [0, 0.05) is 18.1 Å². The van der Waals surface area contributed by atoms with Crippen molar-refractivity contribution in [2.45, 2.75) is 6.04 Å². The molecule has 1 aromatic carbocycles. The summed E-state index contributed by atoms with van der Waals surface area (Å²) in [7, 11) is 2.01. The molecule has 2 heterocycles. The molecular weight excluding hydrogens is 281 g/mol. The second-order valence-corrected chi connectivity index (χ2v) is 5.84. The van der Waals surface area contributed by atoms with Crippen LogP contribution in [0.2, 0.25) is 0 Å². The summed E-state index contributed by atoms with van der Waals surface area (Å²) in [6, 6.07) is 3.73. The summed E-state index contributed by atoms with van der Waals surface area (Å²) < 4.78 is 18.4. The second kappa shape index (κ2) is 5.41. The molecule has 20 heavy (non-hydrogen) atoms. The number of benzene rings is 1. The SMILES string of the molecule is CN1CCSCC1c1noc(-c2cc(F)ccc2O)n1. The molecule has 0 saturated carbocycles. The standard InChI is InChI=1S/C13H14FN3O2S/c1-17-4-5-20-7-10(17)12-15-13(19-16-12)9-6-8(14)2-3-11(9)18/h2-3,6,10,18H,4-5,7H2,1H3. The molecule has 1 unspecified atom stereocenters. The summed E-state index contributed by atoms with van der Waals surface area (Å²) in [4.78, 5) is 6.46. The molecule has 1 N–H and O–H groups in total. The van der Waals surface area contributed by atoms with Crippen LogP contribution >= 0.6 is 11.8 Å². The molecule has 0 radical (unpaired) electrons. The minimum Gasteiger partial charge on any atom is -0.507 e. The zero-order valence-electron chi connectivity index (χ0n) is 10.9. The minimum absolute atomic E-state index is 0.0760. The first-order chi connectivity index (χ1) is 9.65. The maximum atomic E-state index is 13.2.